The Morgan fingerprint density at radius 3 is 2.50 bits per heavy atom. The van der Waals surface area contributed by atoms with Gasteiger partial charge in [-0.25, -0.2) is 0 Å². The van der Waals surface area contributed by atoms with Gasteiger partial charge in [-0.2, -0.15) is 5.26 Å². The van der Waals surface area contributed by atoms with Gasteiger partial charge in [0.25, 0.3) is 0 Å². The Kier molecular flexibility index (Phi) is 7.45. The molecule has 0 aromatic heterocycles. The van der Waals surface area contributed by atoms with Gasteiger partial charge in [0, 0.05) is 26.7 Å². The molecule has 0 aromatic rings. The van der Waals surface area contributed by atoms with Gasteiger partial charge >= 0.3 is 0 Å². The van der Waals surface area contributed by atoms with Crippen LogP contribution in [-0.4, -0.2) is 25.9 Å². The van der Waals surface area contributed by atoms with Crippen molar-refractivity contribution in [3.63, 3.8) is 0 Å². The van der Waals surface area contributed by atoms with Gasteiger partial charge in [-0.3, -0.25) is 0 Å². The number of nitriles is 1. The zero-order valence-electron chi connectivity index (χ0n) is 9.51. The Morgan fingerprint density at radius 2 is 1.93 bits per heavy atom. The summed E-state index contributed by atoms with van der Waals surface area (Å²) in [6.45, 7) is 5.58. The highest BCUT2D eigenvalue weighted by Gasteiger charge is 2.15. The first-order valence-electron chi connectivity index (χ1n) is 5.12. The lowest BCUT2D eigenvalue weighted by molar-refractivity contribution is -0.0101. The molecule has 0 atom stereocenters. The highest BCUT2D eigenvalue weighted by atomic mass is 16.5. The quantitative estimate of drug-likeness (QED) is 0.564. The van der Waals surface area contributed by atoms with Crippen molar-refractivity contribution in [3.8, 4) is 6.07 Å². The van der Waals surface area contributed by atoms with Gasteiger partial charge in [-0.1, -0.05) is 0 Å². The molecule has 0 N–H and O–H groups in total. The molecule has 0 aromatic carbocycles. The van der Waals surface area contributed by atoms with E-state index in [-0.39, 0.29) is 5.60 Å². The molecule has 0 aliphatic rings. The predicted octanol–water partition coefficient (Wildman–Crippen LogP) is 2.51. The molecule has 0 rings (SSSR count). The van der Waals surface area contributed by atoms with Gasteiger partial charge in [0.1, 0.15) is 0 Å². The summed E-state index contributed by atoms with van der Waals surface area (Å²) in [6, 6.07) is 2.12. The molecule has 0 aliphatic carbocycles. The van der Waals surface area contributed by atoms with Gasteiger partial charge in [0.2, 0.25) is 0 Å². The van der Waals surface area contributed by atoms with E-state index in [9.17, 15) is 0 Å². The van der Waals surface area contributed by atoms with Crippen LogP contribution in [0.2, 0.25) is 0 Å². The average Bonchev–Trinajstić information content (AvgIpc) is 2.16. The monoisotopic (exact) mass is 199 g/mol. The lowest BCUT2D eigenvalue weighted by atomic mass is 10.1. The number of hydrogen-bond donors (Lipinski definition) is 0. The standard InChI is InChI=1S/C11H21NO2/c1-11(2,13-3)7-10-14-9-6-4-5-8-12/h4-7,9-10H2,1-3H3. The van der Waals surface area contributed by atoms with E-state index >= 15 is 0 Å². The summed E-state index contributed by atoms with van der Waals surface area (Å²) in [5.74, 6) is 0. The van der Waals surface area contributed by atoms with E-state index in [0.717, 1.165) is 32.5 Å². The lowest BCUT2D eigenvalue weighted by Gasteiger charge is -2.22. The number of rotatable bonds is 8. The minimum absolute atomic E-state index is 0.0906. The molecule has 0 bridgehead atoms. The predicted molar refractivity (Wildman–Crippen MR) is 56.0 cm³/mol. The van der Waals surface area contributed by atoms with Crippen LogP contribution in [0.4, 0.5) is 0 Å². The van der Waals surface area contributed by atoms with Crippen LogP contribution in [-0.2, 0) is 9.47 Å². The van der Waals surface area contributed by atoms with Gasteiger partial charge in [0.15, 0.2) is 0 Å². The van der Waals surface area contributed by atoms with Crippen LogP contribution in [0.3, 0.4) is 0 Å². The molecule has 0 radical (unpaired) electrons. The van der Waals surface area contributed by atoms with Crippen molar-refractivity contribution in [3.05, 3.63) is 0 Å². The van der Waals surface area contributed by atoms with Gasteiger partial charge < -0.3 is 9.47 Å². The lowest BCUT2D eigenvalue weighted by Crippen LogP contribution is -2.24. The van der Waals surface area contributed by atoms with E-state index < -0.39 is 0 Å². The van der Waals surface area contributed by atoms with Crippen molar-refractivity contribution in [2.24, 2.45) is 0 Å². The molecule has 3 heteroatoms. The van der Waals surface area contributed by atoms with Crippen LogP contribution < -0.4 is 0 Å². The van der Waals surface area contributed by atoms with Crippen molar-refractivity contribution < 1.29 is 9.47 Å². The molecule has 0 aliphatic heterocycles. The number of hydrogen-bond acceptors (Lipinski definition) is 3. The third-order valence-electron chi connectivity index (χ3n) is 2.23. The van der Waals surface area contributed by atoms with Crippen LogP contribution in [0.5, 0.6) is 0 Å². The fourth-order valence-electron chi connectivity index (χ4n) is 0.930. The third kappa shape index (κ3) is 8.03. The minimum Gasteiger partial charge on any atom is -0.381 e. The second-order valence-corrected chi connectivity index (χ2v) is 3.94. The molecule has 14 heavy (non-hydrogen) atoms. The number of nitrogens with zero attached hydrogens (tertiary/aromatic N) is 1. The van der Waals surface area contributed by atoms with E-state index in [1.165, 1.54) is 0 Å². The first kappa shape index (κ1) is 13.4. The number of methoxy groups -OCH3 is 1. The van der Waals surface area contributed by atoms with Gasteiger partial charge in [0.05, 0.1) is 11.7 Å². The van der Waals surface area contributed by atoms with Crippen molar-refractivity contribution in [1.29, 1.82) is 5.26 Å². The second kappa shape index (κ2) is 7.78. The van der Waals surface area contributed by atoms with Crippen LogP contribution in [0, 0.1) is 11.3 Å². The van der Waals surface area contributed by atoms with Crippen LogP contribution in [0.15, 0.2) is 0 Å². The van der Waals surface area contributed by atoms with Gasteiger partial charge in [-0.15, -0.1) is 0 Å². The maximum absolute atomic E-state index is 8.30. The Morgan fingerprint density at radius 1 is 1.21 bits per heavy atom. The van der Waals surface area contributed by atoms with Crippen LogP contribution in [0.25, 0.3) is 0 Å². The number of ether oxygens (including phenoxy) is 2. The zero-order valence-corrected chi connectivity index (χ0v) is 9.51. The average molecular weight is 199 g/mol. The van der Waals surface area contributed by atoms with E-state index in [1.54, 1.807) is 7.11 Å². The highest BCUT2D eigenvalue weighted by molar-refractivity contribution is 4.68. The van der Waals surface area contributed by atoms with Gasteiger partial charge in [-0.05, 0) is 33.1 Å². The highest BCUT2D eigenvalue weighted by Crippen LogP contribution is 2.12. The zero-order chi connectivity index (χ0) is 10.9. The van der Waals surface area contributed by atoms with E-state index in [4.69, 9.17) is 14.7 Å². The second-order valence-electron chi connectivity index (χ2n) is 3.94. The van der Waals surface area contributed by atoms with E-state index in [0.29, 0.717) is 6.42 Å². The van der Waals surface area contributed by atoms with Crippen molar-refractivity contribution in [2.45, 2.75) is 45.1 Å². The smallest absolute Gasteiger partial charge is 0.0644 e. The largest absolute Gasteiger partial charge is 0.381 e. The molecule has 0 fully saturated rings. The molecule has 0 saturated carbocycles. The molecule has 3 nitrogen and oxygen atoms in total. The molecular weight excluding hydrogens is 178 g/mol. The van der Waals surface area contributed by atoms with E-state index in [1.807, 2.05) is 13.8 Å². The maximum Gasteiger partial charge on any atom is 0.0644 e. The Labute approximate surface area is 87.0 Å². The topological polar surface area (TPSA) is 42.2 Å². The molecule has 0 saturated heterocycles. The van der Waals surface area contributed by atoms with Crippen molar-refractivity contribution in [2.75, 3.05) is 20.3 Å². The Bertz CT molecular complexity index is 173. The van der Waals surface area contributed by atoms with Crippen LogP contribution >= 0.6 is 0 Å². The SMILES string of the molecule is COC(C)(C)CCOCCCCC#N. The maximum atomic E-state index is 8.30. The molecule has 82 valence electrons. The molecule has 0 unspecified atom stereocenters. The Balaban J connectivity index is 3.18. The summed E-state index contributed by atoms with van der Waals surface area (Å²) in [4.78, 5) is 0. The Hall–Kier alpha value is -0.590. The van der Waals surface area contributed by atoms with E-state index in [2.05, 4.69) is 6.07 Å². The molecule has 0 amide bonds. The number of unbranched alkanes of at least 4 members (excludes halogenated alkanes) is 2. The fraction of sp³-hybridized carbons (Fsp3) is 0.909. The summed E-state index contributed by atoms with van der Waals surface area (Å²) in [6.07, 6.45) is 3.44. The van der Waals surface area contributed by atoms with Crippen molar-refractivity contribution in [1.82, 2.24) is 0 Å². The molecule has 0 heterocycles. The first-order chi connectivity index (χ1) is 6.62. The summed E-state index contributed by atoms with van der Waals surface area (Å²) < 4.78 is 10.7. The third-order valence-corrected chi connectivity index (χ3v) is 2.23. The van der Waals surface area contributed by atoms with Crippen molar-refractivity contribution >= 4 is 0 Å². The summed E-state index contributed by atoms with van der Waals surface area (Å²) >= 11 is 0. The molecule has 0 spiro atoms. The summed E-state index contributed by atoms with van der Waals surface area (Å²) in [5.41, 5.74) is -0.0906. The normalized spacial score (nSPS) is 11.3. The summed E-state index contributed by atoms with van der Waals surface area (Å²) in [5, 5.41) is 8.30. The fourth-order valence-corrected chi connectivity index (χ4v) is 0.930. The minimum atomic E-state index is -0.0906. The first-order valence-corrected chi connectivity index (χ1v) is 5.12. The van der Waals surface area contributed by atoms with Crippen LogP contribution in [0.1, 0.15) is 39.5 Å². The molecular formula is C11H21NO2. The summed E-state index contributed by atoms with van der Waals surface area (Å²) in [7, 11) is 1.72.